The van der Waals surface area contributed by atoms with E-state index in [0.717, 1.165) is 40.3 Å². The zero-order valence-electron chi connectivity index (χ0n) is 22.4. The Labute approximate surface area is 241 Å². The predicted octanol–water partition coefficient (Wildman–Crippen LogP) is 5.66. The number of rotatable bonds is 7. The number of para-hydroxylation sites is 1. The van der Waals surface area contributed by atoms with Crippen LogP contribution in [0, 0.1) is 13.8 Å². The number of benzene rings is 2. The molecule has 0 spiro atoms. The smallest absolute Gasteiger partial charge is 0.273 e. The molecule has 8 nitrogen and oxygen atoms in total. The fourth-order valence-electron chi connectivity index (χ4n) is 4.80. The number of thiazole rings is 1. The van der Waals surface area contributed by atoms with Crippen LogP contribution in [0.5, 0.6) is 0 Å². The number of pyridine rings is 1. The van der Waals surface area contributed by atoms with Crippen molar-refractivity contribution in [1.29, 1.82) is 0 Å². The van der Waals surface area contributed by atoms with Crippen molar-refractivity contribution in [2.75, 3.05) is 31.1 Å². The van der Waals surface area contributed by atoms with Crippen LogP contribution in [0.4, 0.5) is 5.69 Å². The van der Waals surface area contributed by atoms with Crippen LogP contribution >= 0.6 is 23.1 Å². The number of aromatic nitrogens is 5. The Morgan fingerprint density at radius 1 is 0.950 bits per heavy atom. The highest BCUT2D eigenvalue weighted by atomic mass is 32.2. The second-order valence-electron chi connectivity index (χ2n) is 9.70. The first-order valence-corrected chi connectivity index (χ1v) is 15.0. The van der Waals surface area contributed by atoms with E-state index < -0.39 is 0 Å². The lowest BCUT2D eigenvalue weighted by Crippen LogP contribution is -2.49. The van der Waals surface area contributed by atoms with Crippen molar-refractivity contribution in [1.82, 2.24) is 29.6 Å². The molecule has 0 saturated carbocycles. The molecule has 6 rings (SSSR count). The average molecular weight is 568 g/mol. The molecule has 0 radical (unpaired) electrons. The van der Waals surface area contributed by atoms with Crippen LogP contribution in [0.25, 0.3) is 17.1 Å². The van der Waals surface area contributed by atoms with Gasteiger partial charge in [-0.1, -0.05) is 47.7 Å². The lowest BCUT2D eigenvalue weighted by atomic mass is 10.1. The van der Waals surface area contributed by atoms with Gasteiger partial charge in [0.25, 0.3) is 5.91 Å². The Balaban J connectivity index is 1.14. The molecule has 2 aromatic carbocycles. The number of nitrogens with zero attached hydrogens (tertiary/aromatic N) is 7. The van der Waals surface area contributed by atoms with Crippen LogP contribution in [0.15, 0.2) is 83.6 Å². The Morgan fingerprint density at radius 2 is 1.75 bits per heavy atom. The molecule has 0 atom stereocenters. The van der Waals surface area contributed by atoms with E-state index in [9.17, 15) is 4.79 Å². The summed E-state index contributed by atoms with van der Waals surface area (Å²) in [6.07, 6.45) is 3.54. The van der Waals surface area contributed by atoms with E-state index in [2.05, 4.69) is 87.0 Å². The quantitative estimate of drug-likeness (QED) is 0.235. The molecule has 1 amide bonds. The second kappa shape index (κ2) is 11.6. The number of anilines is 1. The number of carbonyl (C=O) groups excluding carboxylic acids is 1. The van der Waals surface area contributed by atoms with E-state index in [0.29, 0.717) is 24.5 Å². The van der Waals surface area contributed by atoms with Gasteiger partial charge in [-0.05, 0) is 49.7 Å². The molecule has 202 valence electrons. The van der Waals surface area contributed by atoms with Gasteiger partial charge in [0.15, 0.2) is 11.0 Å². The molecular formula is C30H29N7OS2. The van der Waals surface area contributed by atoms with Crippen molar-refractivity contribution in [3.05, 3.63) is 100 Å². The van der Waals surface area contributed by atoms with Crippen molar-refractivity contribution in [2.24, 2.45) is 0 Å². The van der Waals surface area contributed by atoms with Gasteiger partial charge in [0.05, 0.1) is 5.75 Å². The van der Waals surface area contributed by atoms with Gasteiger partial charge in [-0.2, -0.15) is 0 Å². The topological polar surface area (TPSA) is 80.0 Å². The summed E-state index contributed by atoms with van der Waals surface area (Å²) >= 11 is 3.07. The van der Waals surface area contributed by atoms with Crippen molar-refractivity contribution in [2.45, 2.75) is 24.8 Å². The van der Waals surface area contributed by atoms with Gasteiger partial charge in [0.2, 0.25) is 0 Å². The molecule has 1 fully saturated rings. The summed E-state index contributed by atoms with van der Waals surface area (Å²) < 4.78 is 2.05. The molecule has 1 saturated heterocycles. The highest BCUT2D eigenvalue weighted by molar-refractivity contribution is 7.98. The van der Waals surface area contributed by atoms with Gasteiger partial charge >= 0.3 is 0 Å². The minimum absolute atomic E-state index is 0.00128. The third kappa shape index (κ3) is 5.50. The largest absolute Gasteiger partial charge is 0.368 e. The fourth-order valence-corrected chi connectivity index (χ4v) is 6.54. The molecule has 0 bridgehead atoms. The Kier molecular flexibility index (Phi) is 7.61. The normalized spacial score (nSPS) is 13.6. The minimum Gasteiger partial charge on any atom is -0.368 e. The Hall–Kier alpha value is -4.02. The maximum absolute atomic E-state index is 13.2. The molecule has 40 heavy (non-hydrogen) atoms. The van der Waals surface area contributed by atoms with Crippen molar-refractivity contribution in [3.63, 3.8) is 0 Å². The Morgan fingerprint density at radius 3 is 2.50 bits per heavy atom. The lowest BCUT2D eigenvalue weighted by Gasteiger charge is -2.36. The van der Waals surface area contributed by atoms with Gasteiger partial charge in [-0.3, -0.25) is 14.3 Å². The molecule has 4 heterocycles. The molecular weight excluding hydrogens is 539 g/mol. The number of amides is 1. The van der Waals surface area contributed by atoms with Crippen molar-refractivity contribution in [3.8, 4) is 17.1 Å². The van der Waals surface area contributed by atoms with Gasteiger partial charge < -0.3 is 9.80 Å². The number of piperazine rings is 1. The lowest BCUT2D eigenvalue weighted by molar-refractivity contribution is 0.0741. The minimum atomic E-state index is -0.00128. The van der Waals surface area contributed by atoms with Crippen LogP contribution in [-0.4, -0.2) is 61.7 Å². The highest BCUT2D eigenvalue weighted by Gasteiger charge is 2.25. The van der Waals surface area contributed by atoms with E-state index in [1.807, 2.05) is 22.4 Å². The second-order valence-corrected chi connectivity index (χ2v) is 11.6. The number of hydrogen-bond acceptors (Lipinski definition) is 8. The van der Waals surface area contributed by atoms with E-state index in [4.69, 9.17) is 4.98 Å². The first-order chi connectivity index (χ1) is 19.6. The SMILES string of the molecule is Cc1ccc(-n2c(SCc3nc(C(=O)N4CCN(c5ccccc5C)CC4)cs3)nnc2-c2cccnc2)cc1. The summed E-state index contributed by atoms with van der Waals surface area (Å²) in [5, 5.41) is 12.5. The summed E-state index contributed by atoms with van der Waals surface area (Å²) in [5.41, 5.74) is 6.08. The number of aryl methyl sites for hydroxylation is 2. The molecule has 0 unspecified atom stereocenters. The van der Waals surface area contributed by atoms with Crippen LogP contribution in [0.3, 0.4) is 0 Å². The summed E-state index contributed by atoms with van der Waals surface area (Å²) in [7, 11) is 0. The number of thioether (sulfide) groups is 1. The maximum atomic E-state index is 13.2. The molecule has 0 N–H and O–H groups in total. The van der Waals surface area contributed by atoms with E-state index in [1.54, 1.807) is 24.2 Å². The molecule has 3 aromatic heterocycles. The van der Waals surface area contributed by atoms with Crippen molar-refractivity contribution < 1.29 is 4.79 Å². The third-order valence-corrected chi connectivity index (χ3v) is 8.94. The predicted molar refractivity (Wildman–Crippen MR) is 160 cm³/mol. The van der Waals surface area contributed by atoms with Crippen molar-refractivity contribution >= 4 is 34.7 Å². The molecule has 5 aromatic rings. The van der Waals surface area contributed by atoms with Gasteiger partial charge in [-0.25, -0.2) is 4.98 Å². The summed E-state index contributed by atoms with van der Waals surface area (Å²) in [6, 6.07) is 20.6. The van der Waals surface area contributed by atoms with E-state index in [-0.39, 0.29) is 5.91 Å². The van der Waals surface area contributed by atoms with Crippen LogP contribution in [-0.2, 0) is 5.75 Å². The summed E-state index contributed by atoms with van der Waals surface area (Å²) in [4.78, 5) is 26.5. The fraction of sp³-hybridized carbons (Fsp3) is 0.233. The van der Waals surface area contributed by atoms with Crippen LogP contribution < -0.4 is 4.90 Å². The number of hydrogen-bond donors (Lipinski definition) is 0. The zero-order chi connectivity index (χ0) is 27.5. The molecule has 1 aliphatic heterocycles. The third-order valence-electron chi connectivity index (χ3n) is 6.96. The van der Waals surface area contributed by atoms with Gasteiger partial charge in [-0.15, -0.1) is 21.5 Å². The highest BCUT2D eigenvalue weighted by Crippen LogP contribution is 2.30. The molecule has 0 aliphatic carbocycles. The van der Waals surface area contributed by atoms with Gasteiger partial charge in [0, 0.05) is 60.9 Å². The van der Waals surface area contributed by atoms with Crippen LogP contribution in [0.1, 0.15) is 26.6 Å². The van der Waals surface area contributed by atoms with Crippen LogP contribution in [0.2, 0.25) is 0 Å². The Bertz CT molecular complexity index is 1610. The monoisotopic (exact) mass is 567 g/mol. The van der Waals surface area contributed by atoms with E-state index in [1.165, 1.54) is 28.2 Å². The standard InChI is InChI=1S/C30H29N7OS2/c1-21-9-11-24(12-10-21)37-28(23-7-5-13-31-18-23)33-34-30(37)40-20-27-32-25(19-39-27)29(38)36-16-14-35(15-17-36)26-8-4-3-6-22(26)2/h3-13,18-19H,14-17,20H2,1-2H3. The maximum Gasteiger partial charge on any atom is 0.273 e. The van der Waals surface area contributed by atoms with Gasteiger partial charge in [0.1, 0.15) is 10.7 Å². The molecule has 10 heteroatoms. The first-order valence-electron chi connectivity index (χ1n) is 13.2. The first kappa shape index (κ1) is 26.2. The average Bonchev–Trinajstić information content (AvgIpc) is 3.65. The molecule has 1 aliphatic rings. The summed E-state index contributed by atoms with van der Waals surface area (Å²) in [5.74, 6) is 1.33. The zero-order valence-corrected chi connectivity index (χ0v) is 24.0. The summed E-state index contributed by atoms with van der Waals surface area (Å²) in [6.45, 7) is 7.20. The number of carbonyl (C=O) groups is 1. The van der Waals surface area contributed by atoms with E-state index >= 15 is 0 Å².